The SMILES string of the molecule is COc1ccc2cn(-c3ccc4nccc(C)c4c3)c(O)c2c1. The van der Waals surface area contributed by atoms with Crippen molar-refractivity contribution in [1.29, 1.82) is 0 Å². The molecule has 0 fully saturated rings. The molecule has 23 heavy (non-hydrogen) atoms. The van der Waals surface area contributed by atoms with Crippen LogP contribution in [0.2, 0.25) is 0 Å². The summed E-state index contributed by atoms with van der Waals surface area (Å²) in [4.78, 5) is 4.38. The molecule has 2 aromatic heterocycles. The summed E-state index contributed by atoms with van der Waals surface area (Å²) < 4.78 is 7.02. The number of hydrogen-bond donors (Lipinski definition) is 1. The Balaban J connectivity index is 1.95. The first-order chi connectivity index (χ1) is 11.2. The van der Waals surface area contributed by atoms with Gasteiger partial charge in [-0.1, -0.05) is 0 Å². The van der Waals surface area contributed by atoms with E-state index in [0.717, 1.165) is 38.7 Å². The maximum atomic E-state index is 10.6. The summed E-state index contributed by atoms with van der Waals surface area (Å²) in [6.07, 6.45) is 3.74. The van der Waals surface area contributed by atoms with E-state index in [1.54, 1.807) is 11.7 Å². The molecule has 0 aliphatic heterocycles. The van der Waals surface area contributed by atoms with Gasteiger partial charge in [-0.3, -0.25) is 9.55 Å². The van der Waals surface area contributed by atoms with Gasteiger partial charge < -0.3 is 9.84 Å². The molecular weight excluding hydrogens is 288 g/mol. The Morgan fingerprint density at radius 2 is 1.91 bits per heavy atom. The van der Waals surface area contributed by atoms with E-state index in [9.17, 15) is 5.11 Å². The van der Waals surface area contributed by atoms with Crippen molar-refractivity contribution in [1.82, 2.24) is 9.55 Å². The molecule has 0 amide bonds. The minimum absolute atomic E-state index is 0.208. The van der Waals surface area contributed by atoms with Gasteiger partial charge in [0.2, 0.25) is 5.88 Å². The fraction of sp³-hybridized carbons (Fsp3) is 0.105. The Kier molecular flexibility index (Phi) is 2.98. The number of pyridine rings is 1. The Labute approximate surface area is 133 Å². The van der Waals surface area contributed by atoms with Gasteiger partial charge in [0.25, 0.3) is 0 Å². The van der Waals surface area contributed by atoms with Gasteiger partial charge in [-0.15, -0.1) is 0 Å². The Morgan fingerprint density at radius 3 is 2.74 bits per heavy atom. The molecule has 0 aliphatic rings. The van der Waals surface area contributed by atoms with Gasteiger partial charge in [-0.25, -0.2) is 0 Å². The minimum atomic E-state index is 0.208. The second kappa shape index (κ2) is 5.02. The highest BCUT2D eigenvalue weighted by Crippen LogP contribution is 2.33. The number of benzene rings is 2. The molecule has 4 heteroatoms. The van der Waals surface area contributed by atoms with E-state index in [0.29, 0.717) is 0 Å². The number of rotatable bonds is 2. The molecule has 0 saturated carbocycles. The first kappa shape index (κ1) is 13.6. The second-order valence-corrected chi connectivity index (χ2v) is 5.61. The van der Waals surface area contributed by atoms with Gasteiger partial charge in [-0.05, 0) is 55.0 Å². The van der Waals surface area contributed by atoms with Crippen LogP contribution in [0.1, 0.15) is 5.56 Å². The monoisotopic (exact) mass is 304 g/mol. The maximum absolute atomic E-state index is 10.6. The molecule has 4 aromatic rings. The van der Waals surface area contributed by atoms with E-state index < -0.39 is 0 Å². The molecular formula is C19H16N2O2. The number of ether oxygens (including phenoxy) is 1. The summed E-state index contributed by atoms with van der Waals surface area (Å²) in [6.45, 7) is 2.06. The first-order valence-corrected chi connectivity index (χ1v) is 7.41. The summed E-state index contributed by atoms with van der Waals surface area (Å²) in [5.74, 6) is 0.934. The number of nitrogens with zero attached hydrogens (tertiary/aromatic N) is 2. The molecule has 4 rings (SSSR count). The van der Waals surface area contributed by atoms with Crippen molar-refractivity contribution in [2.24, 2.45) is 0 Å². The van der Waals surface area contributed by atoms with Crippen LogP contribution in [0.5, 0.6) is 11.6 Å². The standard InChI is InChI=1S/C19H16N2O2/c1-12-7-8-20-18-6-4-14(9-16(12)18)21-11-13-3-5-15(23-2)10-17(13)19(21)22/h3-11,22H,1-2H3. The van der Waals surface area contributed by atoms with E-state index in [1.807, 2.05) is 54.9 Å². The number of fused-ring (bicyclic) bond motifs is 2. The molecule has 0 atom stereocenters. The lowest BCUT2D eigenvalue weighted by Crippen LogP contribution is -1.92. The third-order valence-corrected chi connectivity index (χ3v) is 4.22. The van der Waals surface area contributed by atoms with Crippen molar-refractivity contribution in [3.8, 4) is 17.3 Å². The van der Waals surface area contributed by atoms with Crippen LogP contribution in [0.15, 0.2) is 54.9 Å². The number of methoxy groups -OCH3 is 1. The predicted molar refractivity (Wildman–Crippen MR) is 91.5 cm³/mol. The Morgan fingerprint density at radius 1 is 1.04 bits per heavy atom. The van der Waals surface area contributed by atoms with Crippen molar-refractivity contribution >= 4 is 21.7 Å². The molecule has 0 spiro atoms. The zero-order chi connectivity index (χ0) is 16.0. The fourth-order valence-corrected chi connectivity index (χ4v) is 2.92. The molecule has 0 unspecified atom stereocenters. The number of hydrogen-bond acceptors (Lipinski definition) is 3. The van der Waals surface area contributed by atoms with Gasteiger partial charge in [0, 0.05) is 34.2 Å². The zero-order valence-electron chi connectivity index (χ0n) is 12.9. The van der Waals surface area contributed by atoms with Crippen LogP contribution in [0, 0.1) is 6.92 Å². The van der Waals surface area contributed by atoms with Gasteiger partial charge >= 0.3 is 0 Å². The lowest BCUT2D eigenvalue weighted by molar-refractivity contribution is 0.414. The summed E-state index contributed by atoms with van der Waals surface area (Å²) in [7, 11) is 1.62. The third kappa shape index (κ3) is 2.11. The lowest BCUT2D eigenvalue weighted by Gasteiger charge is -2.08. The molecule has 0 aliphatic carbocycles. The summed E-state index contributed by atoms with van der Waals surface area (Å²) in [5, 5.41) is 13.4. The molecule has 2 heterocycles. The van der Waals surface area contributed by atoms with Crippen LogP contribution in [0.4, 0.5) is 0 Å². The average Bonchev–Trinajstić information content (AvgIpc) is 2.91. The Hall–Kier alpha value is -3.01. The molecule has 4 nitrogen and oxygen atoms in total. The normalized spacial score (nSPS) is 11.2. The lowest BCUT2D eigenvalue weighted by atomic mass is 10.1. The van der Waals surface area contributed by atoms with Crippen LogP contribution in [0.25, 0.3) is 27.4 Å². The van der Waals surface area contributed by atoms with Gasteiger partial charge in [0.05, 0.1) is 12.6 Å². The molecule has 0 bridgehead atoms. The van der Waals surface area contributed by atoms with E-state index in [1.165, 1.54) is 0 Å². The predicted octanol–water partition coefficient (Wildman–Crippen LogP) is 4.20. The molecule has 2 aromatic carbocycles. The summed E-state index contributed by atoms with van der Waals surface area (Å²) in [6, 6.07) is 13.7. The van der Waals surface area contributed by atoms with E-state index in [2.05, 4.69) is 11.9 Å². The number of aryl methyl sites for hydroxylation is 1. The smallest absolute Gasteiger partial charge is 0.203 e. The van der Waals surface area contributed by atoms with Crippen LogP contribution < -0.4 is 4.74 Å². The van der Waals surface area contributed by atoms with Crippen LogP contribution in [-0.2, 0) is 0 Å². The van der Waals surface area contributed by atoms with Crippen LogP contribution in [-0.4, -0.2) is 21.8 Å². The van der Waals surface area contributed by atoms with E-state index in [-0.39, 0.29) is 5.88 Å². The van der Waals surface area contributed by atoms with Crippen LogP contribution >= 0.6 is 0 Å². The maximum Gasteiger partial charge on any atom is 0.203 e. The van der Waals surface area contributed by atoms with Crippen molar-refractivity contribution in [3.63, 3.8) is 0 Å². The summed E-state index contributed by atoms with van der Waals surface area (Å²) in [5.41, 5.74) is 3.02. The van der Waals surface area contributed by atoms with Crippen molar-refractivity contribution in [2.45, 2.75) is 6.92 Å². The average molecular weight is 304 g/mol. The summed E-state index contributed by atoms with van der Waals surface area (Å²) >= 11 is 0. The minimum Gasteiger partial charge on any atom is -0.497 e. The molecule has 1 N–H and O–H groups in total. The van der Waals surface area contributed by atoms with E-state index in [4.69, 9.17) is 4.74 Å². The first-order valence-electron chi connectivity index (χ1n) is 7.41. The fourth-order valence-electron chi connectivity index (χ4n) is 2.92. The highest BCUT2D eigenvalue weighted by atomic mass is 16.5. The van der Waals surface area contributed by atoms with Crippen molar-refractivity contribution < 1.29 is 9.84 Å². The highest BCUT2D eigenvalue weighted by Gasteiger charge is 2.11. The number of aromatic hydroxyl groups is 1. The van der Waals surface area contributed by atoms with Crippen molar-refractivity contribution in [2.75, 3.05) is 7.11 Å². The van der Waals surface area contributed by atoms with Crippen LogP contribution in [0.3, 0.4) is 0 Å². The van der Waals surface area contributed by atoms with Crippen molar-refractivity contribution in [3.05, 3.63) is 60.4 Å². The van der Waals surface area contributed by atoms with E-state index >= 15 is 0 Å². The largest absolute Gasteiger partial charge is 0.497 e. The number of aromatic nitrogens is 2. The topological polar surface area (TPSA) is 47.3 Å². The van der Waals surface area contributed by atoms with Gasteiger partial charge in [0.15, 0.2) is 0 Å². The second-order valence-electron chi connectivity index (χ2n) is 5.61. The Bertz CT molecular complexity index is 1030. The molecule has 0 saturated heterocycles. The van der Waals surface area contributed by atoms with Gasteiger partial charge in [0.1, 0.15) is 5.75 Å². The highest BCUT2D eigenvalue weighted by molar-refractivity contribution is 5.91. The molecule has 0 radical (unpaired) electrons. The third-order valence-electron chi connectivity index (χ3n) is 4.22. The quantitative estimate of drug-likeness (QED) is 0.603. The zero-order valence-corrected chi connectivity index (χ0v) is 12.9. The molecule has 114 valence electrons. The van der Waals surface area contributed by atoms with Gasteiger partial charge in [-0.2, -0.15) is 0 Å².